The van der Waals surface area contributed by atoms with Crippen LogP contribution in [0.1, 0.15) is 41.7 Å². The molecule has 1 aliphatic carbocycles. The van der Waals surface area contributed by atoms with Crippen LogP contribution in [0.25, 0.3) is 38.8 Å². The van der Waals surface area contributed by atoms with Gasteiger partial charge in [-0.25, -0.2) is 9.67 Å². The highest BCUT2D eigenvalue weighted by Crippen LogP contribution is 2.41. The Morgan fingerprint density at radius 3 is 2.45 bits per heavy atom. The number of carbonyl (C=O) groups is 1. The third-order valence-electron chi connectivity index (χ3n) is 7.35. The van der Waals surface area contributed by atoms with Gasteiger partial charge in [-0.1, -0.05) is 18.2 Å². The highest BCUT2D eigenvalue weighted by atomic mass is 19.4. The van der Waals surface area contributed by atoms with Crippen LogP contribution < -0.4 is 11.1 Å². The van der Waals surface area contributed by atoms with E-state index < -0.39 is 17.8 Å². The summed E-state index contributed by atoms with van der Waals surface area (Å²) in [4.78, 5) is 20.8. The van der Waals surface area contributed by atoms with Crippen molar-refractivity contribution in [1.29, 1.82) is 0 Å². The fourth-order valence-electron chi connectivity index (χ4n) is 5.41. The Labute approximate surface area is 226 Å². The number of alkyl halides is 3. The molecule has 1 amide bonds. The van der Waals surface area contributed by atoms with Crippen LogP contribution in [0.5, 0.6) is 0 Å². The molecule has 1 fully saturated rings. The smallest absolute Gasteiger partial charge is 0.393 e. The van der Waals surface area contributed by atoms with Crippen LogP contribution in [0, 0.1) is 0 Å². The molecule has 2 aromatic carbocycles. The van der Waals surface area contributed by atoms with Gasteiger partial charge in [0.1, 0.15) is 0 Å². The Morgan fingerprint density at radius 2 is 1.70 bits per heavy atom. The molecule has 1 aliphatic rings. The van der Waals surface area contributed by atoms with Crippen LogP contribution in [0.3, 0.4) is 0 Å². The van der Waals surface area contributed by atoms with Crippen LogP contribution in [-0.2, 0) is 6.18 Å². The molecule has 3 heterocycles. The summed E-state index contributed by atoms with van der Waals surface area (Å²) in [6, 6.07) is 15.0. The Morgan fingerprint density at radius 1 is 0.975 bits per heavy atom. The standard InChI is InChI=1S/C29H25F3N6O2/c30-29(31,32)26-25-21(19-11-13-34-23-4-2-1-3-20(19)23)12-14-35-28(25)38(37-26)17-7-10-22(27(33)40)24(15-17)36-16-5-8-18(39)9-6-16/h1-4,7,10-16,18,36,39H,5-6,8-9H2,(H2,33,40). The number of amides is 1. The number of para-hydroxylation sites is 1. The summed E-state index contributed by atoms with van der Waals surface area (Å²) in [5, 5.41) is 17.7. The third kappa shape index (κ3) is 4.62. The number of aliphatic hydroxyl groups is 1. The molecular formula is C29H25F3N6O2. The van der Waals surface area contributed by atoms with Crippen molar-refractivity contribution in [2.24, 2.45) is 5.73 Å². The molecule has 8 nitrogen and oxygen atoms in total. The second kappa shape index (κ2) is 9.91. The summed E-state index contributed by atoms with van der Waals surface area (Å²) in [6.45, 7) is 0. The number of carbonyl (C=O) groups excluding carboxylic acids is 1. The predicted molar refractivity (Wildman–Crippen MR) is 145 cm³/mol. The van der Waals surface area contributed by atoms with Crippen molar-refractivity contribution in [3.8, 4) is 16.8 Å². The van der Waals surface area contributed by atoms with Crippen molar-refractivity contribution in [3.63, 3.8) is 0 Å². The van der Waals surface area contributed by atoms with Crippen LogP contribution in [0.2, 0.25) is 0 Å². The van der Waals surface area contributed by atoms with Crippen molar-refractivity contribution in [1.82, 2.24) is 19.7 Å². The first kappa shape index (κ1) is 25.8. The van der Waals surface area contributed by atoms with Gasteiger partial charge in [0.2, 0.25) is 0 Å². The Kier molecular flexibility index (Phi) is 6.38. The van der Waals surface area contributed by atoms with E-state index in [2.05, 4.69) is 20.4 Å². The molecule has 0 saturated heterocycles. The molecule has 4 N–H and O–H groups in total. The van der Waals surface area contributed by atoms with Gasteiger partial charge in [-0.05, 0) is 73.2 Å². The molecular weight excluding hydrogens is 521 g/mol. The first-order chi connectivity index (χ1) is 19.2. The quantitative estimate of drug-likeness (QED) is 0.269. The van der Waals surface area contributed by atoms with E-state index in [0.29, 0.717) is 53.4 Å². The SMILES string of the molecule is NC(=O)c1ccc(-n2nc(C(F)(F)F)c3c(-c4ccnc5ccccc45)ccnc32)cc1NC1CCC(O)CC1. The van der Waals surface area contributed by atoms with Crippen molar-refractivity contribution in [3.05, 3.63) is 78.2 Å². The maximum atomic E-state index is 14.4. The van der Waals surface area contributed by atoms with Gasteiger partial charge < -0.3 is 16.2 Å². The number of hydrogen-bond acceptors (Lipinski definition) is 6. The third-order valence-corrected chi connectivity index (χ3v) is 7.35. The summed E-state index contributed by atoms with van der Waals surface area (Å²) in [5.41, 5.74) is 6.99. The molecule has 11 heteroatoms. The lowest BCUT2D eigenvalue weighted by Crippen LogP contribution is -2.29. The lowest BCUT2D eigenvalue weighted by Gasteiger charge is -2.27. The van der Waals surface area contributed by atoms with E-state index in [1.165, 1.54) is 18.3 Å². The van der Waals surface area contributed by atoms with E-state index in [4.69, 9.17) is 5.73 Å². The minimum Gasteiger partial charge on any atom is -0.393 e. The van der Waals surface area contributed by atoms with Gasteiger partial charge in [-0.3, -0.25) is 9.78 Å². The minimum atomic E-state index is -4.76. The number of hydrogen-bond donors (Lipinski definition) is 3. The fourth-order valence-corrected chi connectivity index (χ4v) is 5.41. The summed E-state index contributed by atoms with van der Waals surface area (Å²) >= 11 is 0. The Hall–Kier alpha value is -4.51. The van der Waals surface area contributed by atoms with E-state index in [1.807, 2.05) is 18.2 Å². The number of halogens is 3. The monoisotopic (exact) mass is 546 g/mol. The molecule has 204 valence electrons. The zero-order chi connectivity index (χ0) is 28.0. The van der Waals surface area contributed by atoms with Gasteiger partial charge in [0.15, 0.2) is 11.3 Å². The molecule has 6 rings (SSSR count). The lowest BCUT2D eigenvalue weighted by molar-refractivity contribution is -0.140. The van der Waals surface area contributed by atoms with E-state index in [1.54, 1.807) is 30.5 Å². The highest BCUT2D eigenvalue weighted by Gasteiger charge is 2.39. The van der Waals surface area contributed by atoms with Crippen molar-refractivity contribution >= 4 is 33.5 Å². The van der Waals surface area contributed by atoms with Crippen molar-refractivity contribution in [2.45, 2.75) is 44.0 Å². The maximum absolute atomic E-state index is 14.4. The average Bonchev–Trinajstić information content (AvgIpc) is 3.35. The Bertz CT molecular complexity index is 1740. The number of fused-ring (bicyclic) bond motifs is 2. The second-order valence-corrected chi connectivity index (χ2v) is 9.93. The number of nitrogens with zero attached hydrogens (tertiary/aromatic N) is 4. The lowest BCUT2D eigenvalue weighted by atomic mass is 9.92. The maximum Gasteiger partial charge on any atom is 0.435 e. The number of primary amides is 1. The number of benzene rings is 2. The van der Waals surface area contributed by atoms with Gasteiger partial charge in [0.25, 0.3) is 5.91 Å². The van der Waals surface area contributed by atoms with Crippen LogP contribution >= 0.6 is 0 Å². The van der Waals surface area contributed by atoms with Crippen LogP contribution in [0.4, 0.5) is 18.9 Å². The van der Waals surface area contributed by atoms with E-state index >= 15 is 0 Å². The zero-order valence-electron chi connectivity index (χ0n) is 21.2. The molecule has 0 spiro atoms. The van der Waals surface area contributed by atoms with E-state index in [9.17, 15) is 23.1 Å². The number of rotatable bonds is 5. The summed E-state index contributed by atoms with van der Waals surface area (Å²) < 4.78 is 44.5. The van der Waals surface area contributed by atoms with Gasteiger partial charge >= 0.3 is 6.18 Å². The van der Waals surface area contributed by atoms with Gasteiger partial charge in [-0.15, -0.1) is 0 Å². The number of aliphatic hydroxyl groups excluding tert-OH is 1. The molecule has 3 aromatic heterocycles. The highest BCUT2D eigenvalue weighted by molar-refractivity contribution is 6.04. The number of aromatic nitrogens is 4. The first-order valence-electron chi connectivity index (χ1n) is 12.9. The topological polar surface area (TPSA) is 119 Å². The molecule has 0 unspecified atom stereocenters. The largest absolute Gasteiger partial charge is 0.435 e. The number of pyridine rings is 2. The summed E-state index contributed by atoms with van der Waals surface area (Å²) in [7, 11) is 0. The molecule has 1 saturated carbocycles. The van der Waals surface area contributed by atoms with Gasteiger partial charge in [0, 0.05) is 29.5 Å². The van der Waals surface area contributed by atoms with E-state index in [0.717, 1.165) is 4.68 Å². The minimum absolute atomic E-state index is 0.0179. The summed E-state index contributed by atoms with van der Waals surface area (Å²) in [5.74, 6) is -0.670. The number of nitrogens with two attached hydrogens (primary N) is 1. The Balaban J connectivity index is 1.53. The van der Waals surface area contributed by atoms with Crippen LogP contribution in [0.15, 0.2) is 67.0 Å². The number of nitrogens with one attached hydrogen (secondary N) is 1. The molecule has 0 bridgehead atoms. The summed E-state index contributed by atoms with van der Waals surface area (Å²) in [6.07, 6.45) is 0.461. The average molecular weight is 547 g/mol. The molecule has 40 heavy (non-hydrogen) atoms. The van der Waals surface area contributed by atoms with Gasteiger partial charge in [-0.2, -0.15) is 18.3 Å². The molecule has 5 aromatic rings. The number of anilines is 1. The molecule has 0 radical (unpaired) electrons. The van der Waals surface area contributed by atoms with Crippen LogP contribution in [-0.4, -0.2) is 42.9 Å². The molecule has 0 atom stereocenters. The zero-order valence-corrected chi connectivity index (χ0v) is 21.2. The van der Waals surface area contributed by atoms with E-state index in [-0.39, 0.29) is 34.4 Å². The molecule has 0 aliphatic heterocycles. The second-order valence-electron chi connectivity index (χ2n) is 9.93. The normalized spacial score (nSPS) is 17.8. The predicted octanol–water partition coefficient (Wildman–Crippen LogP) is 5.47. The fraction of sp³-hybridized carbons (Fsp3) is 0.241. The van der Waals surface area contributed by atoms with Crippen molar-refractivity contribution < 1.29 is 23.1 Å². The first-order valence-corrected chi connectivity index (χ1v) is 12.9. The van der Waals surface area contributed by atoms with Crippen molar-refractivity contribution in [2.75, 3.05) is 5.32 Å². The van der Waals surface area contributed by atoms with Gasteiger partial charge in [0.05, 0.1) is 28.3 Å².